The number of fused-ring (bicyclic) bond motifs is 2. The van der Waals surface area contributed by atoms with Crippen molar-refractivity contribution in [2.45, 2.75) is 38.6 Å². The maximum atomic E-state index is 6.48. The molecule has 2 saturated carbocycles. The van der Waals surface area contributed by atoms with Crippen molar-refractivity contribution < 1.29 is 0 Å². The molecule has 1 nitrogen and oxygen atoms in total. The summed E-state index contributed by atoms with van der Waals surface area (Å²) < 4.78 is 0. The Morgan fingerprint density at radius 2 is 1.92 bits per heavy atom. The van der Waals surface area contributed by atoms with Crippen LogP contribution in [0.3, 0.4) is 0 Å². The Morgan fingerprint density at radius 1 is 1.23 bits per heavy atom. The lowest BCUT2D eigenvalue weighted by molar-refractivity contribution is 0.295. The predicted octanol–water partition coefficient (Wildman–Crippen LogP) is 2.33. The molecule has 3 aliphatic carbocycles. The molecule has 1 heteroatoms. The van der Waals surface area contributed by atoms with Gasteiger partial charge in [-0.05, 0) is 42.4 Å². The number of rotatable bonds is 1. The number of allylic oxidation sites excluding steroid dienone is 2. The van der Waals surface area contributed by atoms with E-state index in [9.17, 15) is 0 Å². The average molecular weight is 177 g/mol. The van der Waals surface area contributed by atoms with Crippen LogP contribution >= 0.6 is 0 Å². The van der Waals surface area contributed by atoms with Crippen molar-refractivity contribution in [2.24, 2.45) is 28.9 Å². The first-order chi connectivity index (χ1) is 6.03. The van der Waals surface area contributed by atoms with Crippen molar-refractivity contribution in [3.05, 3.63) is 12.2 Å². The largest absolute Gasteiger partial charge is 0.324 e. The summed E-state index contributed by atoms with van der Waals surface area (Å²) in [6.07, 6.45) is 8.81. The molecule has 0 radical (unpaired) electrons. The first-order valence-corrected chi connectivity index (χ1v) is 5.50. The van der Waals surface area contributed by atoms with Crippen LogP contribution in [0.4, 0.5) is 0 Å². The van der Waals surface area contributed by atoms with Crippen molar-refractivity contribution in [1.82, 2.24) is 0 Å². The van der Waals surface area contributed by atoms with Crippen molar-refractivity contribution in [3.63, 3.8) is 0 Å². The van der Waals surface area contributed by atoms with Crippen LogP contribution in [0.5, 0.6) is 0 Å². The van der Waals surface area contributed by atoms with Gasteiger partial charge in [-0.1, -0.05) is 26.0 Å². The Labute approximate surface area is 80.4 Å². The van der Waals surface area contributed by atoms with E-state index in [1.807, 2.05) is 0 Å². The van der Waals surface area contributed by atoms with E-state index in [1.165, 1.54) is 19.3 Å². The van der Waals surface area contributed by atoms with E-state index in [1.54, 1.807) is 0 Å². The third kappa shape index (κ3) is 0.864. The molecule has 0 amide bonds. The summed E-state index contributed by atoms with van der Waals surface area (Å²) in [5.41, 5.74) is 7.07. The molecule has 0 saturated heterocycles. The quantitative estimate of drug-likeness (QED) is 0.611. The highest BCUT2D eigenvalue weighted by Gasteiger charge is 2.65. The van der Waals surface area contributed by atoms with Crippen LogP contribution in [0.2, 0.25) is 0 Å². The zero-order valence-electron chi connectivity index (χ0n) is 8.59. The summed E-state index contributed by atoms with van der Waals surface area (Å²) in [5.74, 6) is 2.47. The SMILES string of the molecule is CC1(C)CC1(N)C1CC2C=CC1C2. The van der Waals surface area contributed by atoms with E-state index in [2.05, 4.69) is 26.0 Å². The van der Waals surface area contributed by atoms with E-state index in [0.717, 1.165) is 17.8 Å². The maximum Gasteiger partial charge on any atom is 0.0247 e. The smallest absolute Gasteiger partial charge is 0.0247 e. The van der Waals surface area contributed by atoms with Crippen molar-refractivity contribution in [2.75, 3.05) is 0 Å². The monoisotopic (exact) mass is 177 g/mol. The van der Waals surface area contributed by atoms with Crippen LogP contribution in [0.15, 0.2) is 12.2 Å². The summed E-state index contributed by atoms with van der Waals surface area (Å²) in [6, 6.07) is 0. The average Bonchev–Trinajstić information content (AvgIpc) is 2.51. The molecule has 2 N–H and O–H groups in total. The van der Waals surface area contributed by atoms with E-state index in [4.69, 9.17) is 5.73 Å². The molecule has 4 unspecified atom stereocenters. The molecule has 3 aliphatic rings. The normalized spacial score (nSPS) is 55.8. The van der Waals surface area contributed by atoms with Crippen molar-refractivity contribution in [3.8, 4) is 0 Å². The second kappa shape index (κ2) is 2.03. The minimum atomic E-state index is 0.178. The Balaban J connectivity index is 1.85. The van der Waals surface area contributed by atoms with Crippen molar-refractivity contribution >= 4 is 0 Å². The summed E-state index contributed by atoms with van der Waals surface area (Å²) in [4.78, 5) is 0. The van der Waals surface area contributed by atoms with E-state index in [0.29, 0.717) is 5.41 Å². The number of hydrogen-bond acceptors (Lipinski definition) is 1. The summed E-state index contributed by atoms with van der Waals surface area (Å²) in [5, 5.41) is 0. The molecule has 0 aromatic carbocycles. The van der Waals surface area contributed by atoms with Gasteiger partial charge in [-0.3, -0.25) is 0 Å². The van der Waals surface area contributed by atoms with Crippen LogP contribution in [-0.2, 0) is 0 Å². The lowest BCUT2D eigenvalue weighted by atomic mass is 9.81. The lowest BCUT2D eigenvalue weighted by Crippen LogP contribution is -2.39. The Hall–Kier alpha value is -0.300. The molecular formula is C12H19N. The van der Waals surface area contributed by atoms with Gasteiger partial charge in [0, 0.05) is 5.54 Å². The molecule has 2 bridgehead atoms. The topological polar surface area (TPSA) is 26.0 Å². The van der Waals surface area contributed by atoms with Crippen LogP contribution < -0.4 is 5.73 Å². The fraction of sp³-hybridized carbons (Fsp3) is 0.833. The van der Waals surface area contributed by atoms with Gasteiger partial charge in [0.2, 0.25) is 0 Å². The minimum Gasteiger partial charge on any atom is -0.324 e. The third-order valence-electron chi connectivity index (χ3n) is 4.81. The molecule has 4 atom stereocenters. The van der Waals surface area contributed by atoms with E-state index in [-0.39, 0.29) is 5.54 Å². The van der Waals surface area contributed by atoms with E-state index >= 15 is 0 Å². The van der Waals surface area contributed by atoms with Gasteiger partial charge in [0.1, 0.15) is 0 Å². The Bertz CT molecular complexity index is 279. The fourth-order valence-electron chi connectivity index (χ4n) is 3.69. The molecule has 0 aliphatic heterocycles. The zero-order chi connectivity index (χ0) is 9.27. The van der Waals surface area contributed by atoms with E-state index < -0.39 is 0 Å². The van der Waals surface area contributed by atoms with Gasteiger partial charge >= 0.3 is 0 Å². The summed E-state index contributed by atoms with van der Waals surface area (Å²) in [6.45, 7) is 4.64. The van der Waals surface area contributed by atoms with Gasteiger partial charge in [0.05, 0.1) is 0 Å². The molecular weight excluding hydrogens is 158 g/mol. The summed E-state index contributed by atoms with van der Waals surface area (Å²) in [7, 11) is 0. The summed E-state index contributed by atoms with van der Waals surface area (Å²) >= 11 is 0. The highest BCUT2D eigenvalue weighted by molar-refractivity contribution is 5.25. The Kier molecular flexibility index (Phi) is 1.26. The lowest BCUT2D eigenvalue weighted by Gasteiger charge is -2.28. The molecule has 13 heavy (non-hydrogen) atoms. The Morgan fingerprint density at radius 3 is 2.31 bits per heavy atom. The molecule has 0 spiro atoms. The van der Waals surface area contributed by atoms with Gasteiger partial charge in [-0.2, -0.15) is 0 Å². The van der Waals surface area contributed by atoms with Gasteiger partial charge in [-0.15, -0.1) is 0 Å². The third-order valence-corrected chi connectivity index (χ3v) is 4.81. The standard InChI is InChI=1S/C12H19N/c1-11(2)7-12(11,13)10-6-8-3-4-9(10)5-8/h3-4,8-10H,5-7,13H2,1-2H3. The highest BCUT2D eigenvalue weighted by atomic mass is 14.9. The van der Waals surface area contributed by atoms with Gasteiger partial charge in [0.15, 0.2) is 0 Å². The molecule has 0 aromatic heterocycles. The zero-order valence-corrected chi connectivity index (χ0v) is 8.59. The minimum absolute atomic E-state index is 0.178. The maximum absolute atomic E-state index is 6.48. The first kappa shape index (κ1) is 8.05. The highest BCUT2D eigenvalue weighted by Crippen LogP contribution is 2.64. The predicted molar refractivity (Wildman–Crippen MR) is 54.2 cm³/mol. The van der Waals surface area contributed by atoms with Gasteiger partial charge < -0.3 is 5.73 Å². The molecule has 2 fully saturated rings. The van der Waals surface area contributed by atoms with Crippen molar-refractivity contribution in [1.29, 1.82) is 0 Å². The number of nitrogens with two attached hydrogens (primary N) is 1. The van der Waals surface area contributed by atoms with Gasteiger partial charge in [-0.25, -0.2) is 0 Å². The van der Waals surface area contributed by atoms with Crippen LogP contribution in [0.25, 0.3) is 0 Å². The van der Waals surface area contributed by atoms with Gasteiger partial charge in [0.25, 0.3) is 0 Å². The fourth-order valence-corrected chi connectivity index (χ4v) is 3.69. The second-order valence-corrected chi connectivity index (χ2v) is 5.99. The second-order valence-electron chi connectivity index (χ2n) is 5.99. The van der Waals surface area contributed by atoms with Crippen LogP contribution in [0.1, 0.15) is 33.1 Å². The van der Waals surface area contributed by atoms with Crippen LogP contribution in [0, 0.1) is 23.2 Å². The van der Waals surface area contributed by atoms with Crippen LogP contribution in [-0.4, -0.2) is 5.54 Å². The molecule has 0 aromatic rings. The molecule has 3 rings (SSSR count). The molecule has 72 valence electrons. The number of hydrogen-bond donors (Lipinski definition) is 1. The first-order valence-electron chi connectivity index (χ1n) is 5.50. The molecule has 0 heterocycles.